The van der Waals surface area contributed by atoms with Crippen molar-refractivity contribution in [1.29, 1.82) is 0 Å². The number of thiazole rings is 1. The lowest BCUT2D eigenvalue weighted by Gasteiger charge is -2.41. The molecule has 0 unspecified atom stereocenters. The summed E-state index contributed by atoms with van der Waals surface area (Å²) in [5, 5.41) is 0. The molecule has 126 valence electrons. The van der Waals surface area contributed by atoms with E-state index in [0.29, 0.717) is 40.5 Å². The van der Waals surface area contributed by atoms with Gasteiger partial charge in [0, 0.05) is 12.1 Å². The molecule has 3 rings (SSSR count). The summed E-state index contributed by atoms with van der Waals surface area (Å²) in [6.45, 7) is 5.80. The van der Waals surface area contributed by atoms with Crippen molar-refractivity contribution in [3.63, 3.8) is 0 Å². The molecule has 0 saturated heterocycles. The van der Waals surface area contributed by atoms with Crippen LogP contribution in [0.1, 0.15) is 33.1 Å². The van der Waals surface area contributed by atoms with E-state index in [0.717, 1.165) is 6.42 Å². The van der Waals surface area contributed by atoms with Crippen LogP contribution in [-0.4, -0.2) is 35.3 Å². The second-order valence-electron chi connectivity index (χ2n) is 6.51. The molecule has 0 radical (unpaired) electrons. The number of carbonyl (C=O) groups excluding carboxylic acids is 1. The molecule has 0 amide bonds. The van der Waals surface area contributed by atoms with Gasteiger partial charge in [-0.2, -0.15) is 0 Å². The lowest BCUT2D eigenvalue weighted by atomic mass is 9.77. The van der Waals surface area contributed by atoms with Gasteiger partial charge in [0.15, 0.2) is 4.80 Å². The summed E-state index contributed by atoms with van der Waals surface area (Å²) in [5.74, 6) is 0.807. The summed E-state index contributed by atoms with van der Waals surface area (Å²) in [4.78, 5) is 31.4. The Labute approximate surface area is 139 Å². The maximum absolute atomic E-state index is 12.5. The first kappa shape index (κ1) is 16.4. The number of nitrogens with zero attached hydrogens (tertiary/aromatic N) is 3. The van der Waals surface area contributed by atoms with Crippen LogP contribution < -0.4 is 14.9 Å². The van der Waals surface area contributed by atoms with Gasteiger partial charge >= 0.3 is 5.97 Å². The van der Waals surface area contributed by atoms with Crippen molar-refractivity contribution in [3.8, 4) is 0 Å². The first-order valence-corrected chi connectivity index (χ1v) is 8.90. The molecule has 1 aromatic heterocycles. The fraction of sp³-hybridized carbons (Fsp3) is 0.688. The SMILES string of the molecule is COC(=O)/C=c1\sc2n(c1=O)CN([C@H]1CCC[C@@H](C)[C@H]1C)CN=2. The average molecular weight is 337 g/mol. The Balaban J connectivity index is 1.88. The van der Waals surface area contributed by atoms with Crippen molar-refractivity contribution in [2.45, 2.75) is 45.8 Å². The maximum Gasteiger partial charge on any atom is 0.332 e. The number of hydrogen-bond donors (Lipinski definition) is 0. The molecule has 1 aromatic rings. The normalized spacial score (nSPS) is 29.0. The van der Waals surface area contributed by atoms with Crippen LogP contribution in [0.3, 0.4) is 0 Å². The number of methoxy groups -OCH3 is 1. The van der Waals surface area contributed by atoms with E-state index in [1.165, 1.54) is 37.4 Å². The number of esters is 1. The highest BCUT2D eigenvalue weighted by molar-refractivity contribution is 7.07. The van der Waals surface area contributed by atoms with Crippen LogP contribution in [-0.2, 0) is 16.2 Å². The highest BCUT2D eigenvalue weighted by atomic mass is 32.1. The van der Waals surface area contributed by atoms with Crippen LogP contribution in [0, 0.1) is 11.8 Å². The molecule has 1 aliphatic heterocycles. The molecular weight excluding hydrogens is 314 g/mol. The van der Waals surface area contributed by atoms with Gasteiger partial charge in [-0.05, 0) is 18.3 Å². The topological polar surface area (TPSA) is 63.9 Å². The van der Waals surface area contributed by atoms with Crippen molar-refractivity contribution in [1.82, 2.24) is 9.47 Å². The fourth-order valence-corrected chi connectivity index (χ4v) is 4.50. The van der Waals surface area contributed by atoms with Crippen LogP contribution in [0.4, 0.5) is 0 Å². The third kappa shape index (κ3) is 3.12. The average Bonchev–Trinajstić information content (AvgIpc) is 2.85. The molecule has 3 atom stereocenters. The summed E-state index contributed by atoms with van der Waals surface area (Å²) >= 11 is 1.26. The van der Waals surface area contributed by atoms with Gasteiger partial charge in [-0.25, -0.2) is 9.79 Å². The zero-order chi connectivity index (χ0) is 16.6. The lowest BCUT2D eigenvalue weighted by molar-refractivity contribution is -0.133. The lowest BCUT2D eigenvalue weighted by Crippen LogP contribution is -2.50. The monoisotopic (exact) mass is 337 g/mol. The van der Waals surface area contributed by atoms with Crippen molar-refractivity contribution in [2.75, 3.05) is 13.8 Å². The van der Waals surface area contributed by atoms with Crippen LogP contribution in [0.5, 0.6) is 0 Å². The van der Waals surface area contributed by atoms with Gasteiger partial charge in [0.25, 0.3) is 5.56 Å². The Morgan fingerprint density at radius 1 is 1.39 bits per heavy atom. The van der Waals surface area contributed by atoms with Crippen molar-refractivity contribution in [2.24, 2.45) is 16.8 Å². The molecule has 0 bridgehead atoms. The summed E-state index contributed by atoms with van der Waals surface area (Å²) < 4.78 is 6.67. The van der Waals surface area contributed by atoms with E-state index in [1.54, 1.807) is 4.57 Å². The summed E-state index contributed by atoms with van der Waals surface area (Å²) in [6, 6.07) is 0.468. The van der Waals surface area contributed by atoms with Gasteiger partial charge in [0.05, 0.1) is 20.4 Å². The van der Waals surface area contributed by atoms with Crippen LogP contribution in [0.2, 0.25) is 0 Å². The van der Waals surface area contributed by atoms with Gasteiger partial charge < -0.3 is 4.74 Å². The third-order valence-corrected chi connectivity index (χ3v) is 6.23. The van der Waals surface area contributed by atoms with Crippen molar-refractivity contribution < 1.29 is 9.53 Å². The Kier molecular flexibility index (Phi) is 4.68. The van der Waals surface area contributed by atoms with Gasteiger partial charge in [-0.3, -0.25) is 14.3 Å². The molecule has 23 heavy (non-hydrogen) atoms. The molecule has 1 fully saturated rings. The first-order chi connectivity index (χ1) is 11.0. The Hall–Kier alpha value is -1.47. The second kappa shape index (κ2) is 6.57. The van der Waals surface area contributed by atoms with E-state index in [4.69, 9.17) is 0 Å². The summed E-state index contributed by atoms with van der Waals surface area (Å²) in [5.41, 5.74) is -0.152. The number of aromatic nitrogens is 1. The predicted octanol–water partition coefficient (Wildman–Crippen LogP) is 0.538. The molecule has 0 spiro atoms. The molecule has 7 heteroatoms. The summed E-state index contributed by atoms with van der Waals surface area (Å²) in [7, 11) is 1.31. The summed E-state index contributed by atoms with van der Waals surface area (Å²) in [6.07, 6.45) is 4.93. The minimum atomic E-state index is -0.507. The van der Waals surface area contributed by atoms with Gasteiger partial charge in [0.2, 0.25) is 0 Å². The van der Waals surface area contributed by atoms with Crippen LogP contribution in [0.25, 0.3) is 6.08 Å². The Bertz CT molecular complexity index is 767. The van der Waals surface area contributed by atoms with Crippen LogP contribution >= 0.6 is 11.3 Å². The second-order valence-corrected chi connectivity index (χ2v) is 7.52. The minimum absolute atomic E-state index is 0.152. The number of fused-ring (bicyclic) bond motifs is 1. The smallest absolute Gasteiger partial charge is 0.332 e. The molecule has 2 heterocycles. The molecule has 0 aromatic carbocycles. The molecule has 1 saturated carbocycles. The van der Waals surface area contributed by atoms with E-state index in [9.17, 15) is 9.59 Å². The third-order valence-electron chi connectivity index (χ3n) is 5.18. The molecular formula is C16H23N3O3S. The Morgan fingerprint density at radius 3 is 2.91 bits per heavy atom. The first-order valence-electron chi connectivity index (χ1n) is 8.09. The number of carbonyl (C=O) groups is 1. The highest BCUT2D eigenvalue weighted by Gasteiger charge is 2.32. The zero-order valence-corrected chi connectivity index (χ0v) is 14.6. The van der Waals surface area contributed by atoms with E-state index >= 15 is 0 Å². The fourth-order valence-electron chi connectivity index (χ4n) is 3.57. The minimum Gasteiger partial charge on any atom is -0.466 e. The predicted molar refractivity (Wildman–Crippen MR) is 88.5 cm³/mol. The number of ether oxygens (including phenoxy) is 1. The maximum atomic E-state index is 12.5. The quantitative estimate of drug-likeness (QED) is 0.739. The number of rotatable bonds is 2. The van der Waals surface area contributed by atoms with E-state index in [-0.39, 0.29) is 5.56 Å². The number of hydrogen-bond acceptors (Lipinski definition) is 6. The largest absolute Gasteiger partial charge is 0.466 e. The molecule has 1 aliphatic carbocycles. The van der Waals surface area contributed by atoms with Crippen LogP contribution in [0.15, 0.2) is 9.79 Å². The van der Waals surface area contributed by atoms with Gasteiger partial charge in [-0.15, -0.1) is 0 Å². The van der Waals surface area contributed by atoms with E-state index in [2.05, 4.69) is 28.5 Å². The van der Waals surface area contributed by atoms with Gasteiger partial charge in [0.1, 0.15) is 4.53 Å². The van der Waals surface area contributed by atoms with Crippen molar-refractivity contribution >= 4 is 23.4 Å². The molecule has 6 nitrogen and oxygen atoms in total. The zero-order valence-electron chi connectivity index (χ0n) is 13.8. The van der Waals surface area contributed by atoms with E-state index in [1.807, 2.05) is 0 Å². The standard InChI is InChI=1S/C16H23N3O3S/c1-10-5-4-6-12(11(10)2)18-8-17-16-19(9-18)15(21)13(23-16)7-14(20)22-3/h7,10-12H,4-6,8-9H2,1-3H3/b13-7-/t10-,11-,12+/m1/s1. The van der Waals surface area contributed by atoms with Gasteiger partial charge in [-0.1, -0.05) is 38.0 Å². The van der Waals surface area contributed by atoms with E-state index < -0.39 is 5.97 Å². The molecule has 0 N–H and O–H groups in total. The van der Waals surface area contributed by atoms with Crippen molar-refractivity contribution in [3.05, 3.63) is 19.7 Å². The Morgan fingerprint density at radius 2 is 2.17 bits per heavy atom. The highest BCUT2D eigenvalue weighted by Crippen LogP contribution is 2.33. The molecule has 2 aliphatic rings.